The van der Waals surface area contributed by atoms with Crippen LogP contribution in [0.25, 0.3) is 0 Å². The van der Waals surface area contributed by atoms with Gasteiger partial charge < -0.3 is 16.2 Å². The molecule has 0 aliphatic carbocycles. The lowest BCUT2D eigenvalue weighted by atomic mass is 9.99. The number of aromatic nitrogens is 1. The number of nitrogens with two attached hydrogens (primary N) is 1. The number of aliphatic carboxylic acids is 1. The van der Waals surface area contributed by atoms with E-state index in [4.69, 9.17) is 10.8 Å². The molecule has 0 aliphatic rings. The van der Waals surface area contributed by atoms with Crippen LogP contribution in [0.4, 0.5) is 5.69 Å². The third-order valence-electron chi connectivity index (χ3n) is 2.78. The second-order valence-electron chi connectivity index (χ2n) is 4.15. The summed E-state index contributed by atoms with van der Waals surface area (Å²) in [5.41, 5.74) is 6.06. The van der Waals surface area contributed by atoms with E-state index in [1.54, 1.807) is 13.0 Å². The molecule has 98 valence electrons. The van der Waals surface area contributed by atoms with Gasteiger partial charge in [0.15, 0.2) is 0 Å². The summed E-state index contributed by atoms with van der Waals surface area (Å²) in [5.74, 6) is -1.71. The molecule has 18 heavy (non-hydrogen) atoms. The molecule has 0 bridgehead atoms. The molecule has 0 spiro atoms. The van der Waals surface area contributed by atoms with Crippen LogP contribution in [-0.2, 0) is 4.79 Å². The molecule has 2 atom stereocenters. The van der Waals surface area contributed by atoms with Crippen LogP contribution in [-0.4, -0.2) is 28.0 Å². The van der Waals surface area contributed by atoms with Gasteiger partial charge >= 0.3 is 5.97 Å². The average molecular weight is 251 g/mol. The summed E-state index contributed by atoms with van der Waals surface area (Å²) >= 11 is 0. The molecule has 1 amide bonds. The van der Waals surface area contributed by atoms with Crippen molar-refractivity contribution in [2.45, 2.75) is 26.3 Å². The van der Waals surface area contributed by atoms with Crippen LogP contribution in [0.5, 0.6) is 0 Å². The maximum atomic E-state index is 11.8. The third kappa shape index (κ3) is 3.44. The molecule has 0 aliphatic heterocycles. The maximum absolute atomic E-state index is 11.8. The Morgan fingerprint density at radius 2 is 2.17 bits per heavy atom. The smallest absolute Gasteiger partial charge is 0.326 e. The van der Waals surface area contributed by atoms with Gasteiger partial charge in [0.25, 0.3) is 5.91 Å². The van der Waals surface area contributed by atoms with E-state index in [0.29, 0.717) is 12.1 Å². The topological polar surface area (TPSA) is 105 Å². The number of hydrogen-bond acceptors (Lipinski definition) is 4. The Morgan fingerprint density at radius 1 is 1.50 bits per heavy atom. The summed E-state index contributed by atoms with van der Waals surface area (Å²) in [7, 11) is 0. The highest BCUT2D eigenvalue weighted by Crippen LogP contribution is 2.09. The van der Waals surface area contributed by atoms with Crippen molar-refractivity contribution in [2.24, 2.45) is 5.92 Å². The van der Waals surface area contributed by atoms with Crippen LogP contribution in [0, 0.1) is 5.92 Å². The van der Waals surface area contributed by atoms with Crippen LogP contribution in [0.15, 0.2) is 18.3 Å². The van der Waals surface area contributed by atoms with Crippen LogP contribution in [0.3, 0.4) is 0 Å². The van der Waals surface area contributed by atoms with Gasteiger partial charge in [0.2, 0.25) is 0 Å². The molecule has 6 nitrogen and oxygen atoms in total. The monoisotopic (exact) mass is 251 g/mol. The largest absolute Gasteiger partial charge is 0.480 e. The molecule has 1 aromatic rings. The average Bonchev–Trinajstić information content (AvgIpc) is 2.35. The highest BCUT2D eigenvalue weighted by Gasteiger charge is 2.25. The lowest BCUT2D eigenvalue weighted by molar-refractivity contribution is -0.140. The second-order valence-corrected chi connectivity index (χ2v) is 4.15. The fourth-order valence-electron chi connectivity index (χ4n) is 1.44. The first-order valence-electron chi connectivity index (χ1n) is 5.71. The van der Waals surface area contributed by atoms with E-state index in [2.05, 4.69) is 10.3 Å². The molecule has 0 radical (unpaired) electrons. The molecule has 4 N–H and O–H groups in total. The van der Waals surface area contributed by atoms with Crippen LogP contribution >= 0.6 is 0 Å². The predicted molar refractivity (Wildman–Crippen MR) is 67.0 cm³/mol. The number of pyridine rings is 1. The zero-order valence-corrected chi connectivity index (χ0v) is 10.4. The van der Waals surface area contributed by atoms with Gasteiger partial charge in [-0.3, -0.25) is 4.79 Å². The minimum atomic E-state index is -1.05. The first-order valence-corrected chi connectivity index (χ1v) is 5.71. The number of carbonyl (C=O) groups is 2. The standard InChI is InChI=1S/C12H17N3O3/c1-3-7(2)10(12(17)18)15-11(16)9-5-4-8(13)6-14-9/h4-7,10H,3,13H2,1-2H3,(H,15,16)(H,17,18)/t7-,10-/m0/s1. The molecule has 1 rings (SSSR count). The Kier molecular flexibility index (Phi) is 4.65. The van der Waals surface area contributed by atoms with E-state index >= 15 is 0 Å². The van der Waals surface area contributed by atoms with Crippen molar-refractivity contribution in [1.82, 2.24) is 10.3 Å². The minimum Gasteiger partial charge on any atom is -0.480 e. The van der Waals surface area contributed by atoms with Gasteiger partial charge in [-0.15, -0.1) is 0 Å². The van der Waals surface area contributed by atoms with Crippen molar-refractivity contribution in [3.8, 4) is 0 Å². The van der Waals surface area contributed by atoms with Gasteiger partial charge in [-0.2, -0.15) is 0 Å². The van der Waals surface area contributed by atoms with Gasteiger partial charge in [-0.25, -0.2) is 9.78 Å². The van der Waals surface area contributed by atoms with Gasteiger partial charge in [-0.1, -0.05) is 20.3 Å². The number of hydrogen-bond donors (Lipinski definition) is 3. The Morgan fingerprint density at radius 3 is 2.61 bits per heavy atom. The van der Waals surface area contributed by atoms with E-state index in [1.165, 1.54) is 12.3 Å². The predicted octanol–water partition coefficient (Wildman–Crippen LogP) is 0.893. The zero-order valence-electron chi connectivity index (χ0n) is 10.4. The molecule has 0 unspecified atom stereocenters. The van der Waals surface area contributed by atoms with Crippen LogP contribution in [0.1, 0.15) is 30.8 Å². The molecule has 1 heterocycles. The number of anilines is 1. The molecular formula is C12H17N3O3. The Bertz CT molecular complexity index is 431. The Labute approximate surface area is 105 Å². The van der Waals surface area contributed by atoms with Gasteiger partial charge in [0.05, 0.1) is 11.9 Å². The highest BCUT2D eigenvalue weighted by atomic mass is 16.4. The van der Waals surface area contributed by atoms with E-state index in [1.807, 2.05) is 6.92 Å². The first-order chi connectivity index (χ1) is 8.45. The molecule has 0 saturated carbocycles. The summed E-state index contributed by atoms with van der Waals surface area (Å²) in [5, 5.41) is 11.5. The summed E-state index contributed by atoms with van der Waals surface area (Å²) in [6, 6.07) is 2.09. The normalized spacial score (nSPS) is 13.7. The maximum Gasteiger partial charge on any atom is 0.326 e. The summed E-state index contributed by atoms with van der Waals surface area (Å²) < 4.78 is 0. The van der Waals surface area contributed by atoms with Crippen molar-refractivity contribution in [3.05, 3.63) is 24.0 Å². The number of rotatable bonds is 5. The second kappa shape index (κ2) is 6.00. The number of carboxylic acid groups (broad SMARTS) is 1. The molecule has 0 saturated heterocycles. The number of nitrogen functional groups attached to an aromatic ring is 1. The fourth-order valence-corrected chi connectivity index (χ4v) is 1.44. The lowest BCUT2D eigenvalue weighted by Gasteiger charge is -2.19. The fraction of sp³-hybridized carbons (Fsp3) is 0.417. The van der Waals surface area contributed by atoms with Gasteiger partial charge in [0, 0.05) is 0 Å². The lowest BCUT2D eigenvalue weighted by Crippen LogP contribution is -2.45. The zero-order chi connectivity index (χ0) is 13.7. The van der Waals surface area contributed by atoms with Crippen molar-refractivity contribution in [3.63, 3.8) is 0 Å². The third-order valence-corrected chi connectivity index (χ3v) is 2.78. The molecule has 0 aromatic carbocycles. The number of nitrogens with one attached hydrogen (secondary N) is 1. The minimum absolute atomic E-state index is 0.152. The highest BCUT2D eigenvalue weighted by molar-refractivity contribution is 5.95. The summed E-state index contributed by atoms with van der Waals surface area (Å²) in [6.45, 7) is 3.64. The van der Waals surface area contributed by atoms with Gasteiger partial charge in [-0.05, 0) is 18.1 Å². The summed E-state index contributed by atoms with van der Waals surface area (Å²) in [6.07, 6.45) is 2.01. The Hall–Kier alpha value is -2.11. The van der Waals surface area contributed by atoms with Crippen LogP contribution < -0.4 is 11.1 Å². The molecular weight excluding hydrogens is 234 g/mol. The van der Waals surface area contributed by atoms with Crippen molar-refractivity contribution in [1.29, 1.82) is 0 Å². The quantitative estimate of drug-likeness (QED) is 0.720. The number of carbonyl (C=O) groups excluding carboxylic acids is 1. The van der Waals surface area contributed by atoms with E-state index in [9.17, 15) is 9.59 Å². The number of carboxylic acids is 1. The van der Waals surface area contributed by atoms with E-state index < -0.39 is 17.9 Å². The van der Waals surface area contributed by atoms with Crippen molar-refractivity contribution < 1.29 is 14.7 Å². The summed E-state index contributed by atoms with van der Waals surface area (Å²) in [4.78, 5) is 26.7. The van der Waals surface area contributed by atoms with Gasteiger partial charge in [0.1, 0.15) is 11.7 Å². The van der Waals surface area contributed by atoms with E-state index in [0.717, 1.165) is 0 Å². The van der Waals surface area contributed by atoms with E-state index in [-0.39, 0.29) is 11.6 Å². The molecule has 6 heteroatoms. The van der Waals surface area contributed by atoms with Crippen molar-refractivity contribution >= 4 is 17.6 Å². The molecule has 0 fully saturated rings. The molecule has 1 aromatic heterocycles. The number of nitrogens with zero attached hydrogens (tertiary/aromatic N) is 1. The SMILES string of the molecule is CC[C@H](C)[C@H](NC(=O)c1ccc(N)cn1)C(=O)O. The Balaban J connectivity index is 2.78. The number of amides is 1. The van der Waals surface area contributed by atoms with Crippen molar-refractivity contribution in [2.75, 3.05) is 5.73 Å². The first kappa shape index (κ1) is 14.0. The van der Waals surface area contributed by atoms with Crippen LogP contribution in [0.2, 0.25) is 0 Å².